The molecule has 0 bridgehead atoms. The third-order valence-electron chi connectivity index (χ3n) is 2.20. The van der Waals surface area contributed by atoms with E-state index in [1.54, 1.807) is 12.5 Å². The SMILES string of the molecule is Cn1cnc2c(OCCCN)nccc21. The molecular weight excluding hydrogens is 192 g/mol. The molecule has 0 atom stereocenters. The Morgan fingerprint density at radius 2 is 2.33 bits per heavy atom. The van der Waals surface area contributed by atoms with Crippen LogP contribution < -0.4 is 10.5 Å². The fourth-order valence-corrected chi connectivity index (χ4v) is 1.40. The minimum absolute atomic E-state index is 0.583. The van der Waals surface area contributed by atoms with Crippen LogP contribution in [0.3, 0.4) is 0 Å². The summed E-state index contributed by atoms with van der Waals surface area (Å²) in [5, 5.41) is 0. The van der Waals surface area contributed by atoms with Crippen LogP contribution in [0.2, 0.25) is 0 Å². The molecule has 5 nitrogen and oxygen atoms in total. The van der Waals surface area contributed by atoms with E-state index in [1.165, 1.54) is 0 Å². The van der Waals surface area contributed by atoms with Gasteiger partial charge in [-0.15, -0.1) is 0 Å². The first-order chi connectivity index (χ1) is 7.33. The second kappa shape index (κ2) is 4.27. The van der Waals surface area contributed by atoms with Crippen molar-refractivity contribution in [3.8, 4) is 5.88 Å². The highest BCUT2D eigenvalue weighted by Gasteiger charge is 2.07. The summed E-state index contributed by atoms with van der Waals surface area (Å²) in [4.78, 5) is 8.39. The molecule has 0 unspecified atom stereocenters. The van der Waals surface area contributed by atoms with Crippen molar-refractivity contribution in [1.82, 2.24) is 14.5 Å². The fraction of sp³-hybridized carbons (Fsp3) is 0.400. The number of hydrogen-bond acceptors (Lipinski definition) is 4. The summed E-state index contributed by atoms with van der Waals surface area (Å²) in [6.45, 7) is 1.21. The van der Waals surface area contributed by atoms with Gasteiger partial charge in [0.25, 0.3) is 0 Å². The van der Waals surface area contributed by atoms with Crippen LogP contribution in [0.1, 0.15) is 6.42 Å². The van der Waals surface area contributed by atoms with E-state index < -0.39 is 0 Å². The van der Waals surface area contributed by atoms with Crippen molar-refractivity contribution in [2.45, 2.75) is 6.42 Å². The standard InChI is InChI=1S/C10H14N4O/c1-14-7-13-9-8(14)3-5-12-10(9)15-6-2-4-11/h3,5,7H,2,4,6,11H2,1H3. The number of pyridine rings is 1. The Labute approximate surface area is 87.9 Å². The molecule has 0 saturated heterocycles. The highest BCUT2D eigenvalue weighted by molar-refractivity contribution is 5.79. The third-order valence-corrected chi connectivity index (χ3v) is 2.20. The summed E-state index contributed by atoms with van der Waals surface area (Å²) in [5.74, 6) is 0.585. The molecule has 0 saturated carbocycles. The van der Waals surface area contributed by atoms with E-state index in [2.05, 4.69) is 9.97 Å². The second-order valence-electron chi connectivity index (χ2n) is 3.33. The van der Waals surface area contributed by atoms with Crippen molar-refractivity contribution < 1.29 is 4.74 Å². The predicted molar refractivity (Wildman–Crippen MR) is 57.7 cm³/mol. The summed E-state index contributed by atoms with van der Waals surface area (Å²) in [5.41, 5.74) is 7.21. The van der Waals surface area contributed by atoms with Gasteiger partial charge in [-0.1, -0.05) is 0 Å². The van der Waals surface area contributed by atoms with E-state index in [9.17, 15) is 0 Å². The number of ether oxygens (including phenoxy) is 1. The van der Waals surface area contributed by atoms with E-state index in [-0.39, 0.29) is 0 Å². The molecule has 2 rings (SSSR count). The Morgan fingerprint density at radius 1 is 1.47 bits per heavy atom. The monoisotopic (exact) mass is 206 g/mol. The molecule has 0 amide bonds. The topological polar surface area (TPSA) is 66.0 Å². The van der Waals surface area contributed by atoms with Crippen LogP contribution in [0.4, 0.5) is 0 Å². The van der Waals surface area contributed by atoms with Gasteiger partial charge in [0.05, 0.1) is 18.5 Å². The average molecular weight is 206 g/mol. The molecule has 0 aliphatic rings. The van der Waals surface area contributed by atoms with Crippen LogP contribution in [0.15, 0.2) is 18.6 Å². The lowest BCUT2D eigenvalue weighted by Crippen LogP contribution is -2.07. The molecule has 5 heteroatoms. The molecule has 2 aromatic heterocycles. The van der Waals surface area contributed by atoms with Crippen molar-refractivity contribution in [3.05, 3.63) is 18.6 Å². The number of aryl methyl sites for hydroxylation is 1. The van der Waals surface area contributed by atoms with Gasteiger partial charge in [-0.05, 0) is 19.0 Å². The zero-order valence-electron chi connectivity index (χ0n) is 8.68. The number of nitrogens with zero attached hydrogens (tertiary/aromatic N) is 3. The normalized spacial score (nSPS) is 10.8. The lowest BCUT2D eigenvalue weighted by molar-refractivity contribution is 0.305. The molecule has 0 spiro atoms. The Hall–Kier alpha value is -1.62. The number of aromatic nitrogens is 3. The lowest BCUT2D eigenvalue weighted by atomic mass is 10.4. The van der Waals surface area contributed by atoms with E-state index >= 15 is 0 Å². The number of hydrogen-bond donors (Lipinski definition) is 1. The molecule has 2 heterocycles. The largest absolute Gasteiger partial charge is 0.476 e. The van der Waals surface area contributed by atoms with E-state index in [0.717, 1.165) is 17.5 Å². The summed E-state index contributed by atoms with van der Waals surface area (Å²) in [6.07, 6.45) is 4.30. The maximum Gasteiger partial charge on any atom is 0.242 e. The van der Waals surface area contributed by atoms with Crippen molar-refractivity contribution in [3.63, 3.8) is 0 Å². The minimum atomic E-state index is 0.583. The van der Waals surface area contributed by atoms with Crippen molar-refractivity contribution in [2.75, 3.05) is 13.2 Å². The first-order valence-electron chi connectivity index (χ1n) is 4.92. The highest BCUT2D eigenvalue weighted by Crippen LogP contribution is 2.20. The summed E-state index contributed by atoms with van der Waals surface area (Å²) in [7, 11) is 1.94. The maximum atomic E-state index is 5.51. The first-order valence-corrected chi connectivity index (χ1v) is 4.92. The van der Waals surface area contributed by atoms with Crippen LogP contribution in [0.5, 0.6) is 5.88 Å². The van der Waals surface area contributed by atoms with Crippen molar-refractivity contribution >= 4 is 11.0 Å². The molecule has 0 radical (unpaired) electrons. The number of nitrogens with two attached hydrogens (primary N) is 1. The number of rotatable bonds is 4. The summed E-state index contributed by atoms with van der Waals surface area (Å²) < 4.78 is 7.44. The van der Waals surface area contributed by atoms with Gasteiger partial charge in [0.2, 0.25) is 5.88 Å². The molecule has 2 N–H and O–H groups in total. The average Bonchev–Trinajstić information content (AvgIpc) is 2.62. The van der Waals surface area contributed by atoms with Gasteiger partial charge in [-0.25, -0.2) is 9.97 Å². The lowest BCUT2D eigenvalue weighted by Gasteiger charge is -2.04. The van der Waals surface area contributed by atoms with Gasteiger partial charge >= 0.3 is 0 Å². The fourth-order valence-electron chi connectivity index (χ4n) is 1.40. The Balaban J connectivity index is 2.26. The smallest absolute Gasteiger partial charge is 0.242 e. The van der Waals surface area contributed by atoms with E-state index in [1.807, 2.05) is 17.7 Å². The summed E-state index contributed by atoms with van der Waals surface area (Å²) >= 11 is 0. The maximum absolute atomic E-state index is 5.51. The zero-order chi connectivity index (χ0) is 10.7. The van der Waals surface area contributed by atoms with Crippen LogP contribution in [-0.4, -0.2) is 27.7 Å². The number of imidazole rings is 1. The van der Waals surface area contributed by atoms with Crippen molar-refractivity contribution in [2.24, 2.45) is 12.8 Å². The first kappa shape index (κ1) is 9.92. The van der Waals surface area contributed by atoms with E-state index in [0.29, 0.717) is 19.0 Å². The second-order valence-corrected chi connectivity index (χ2v) is 3.33. The van der Waals surface area contributed by atoms with Crippen LogP contribution in [-0.2, 0) is 7.05 Å². The van der Waals surface area contributed by atoms with Crippen LogP contribution in [0, 0.1) is 0 Å². The molecule has 0 fully saturated rings. The minimum Gasteiger partial charge on any atom is -0.476 e. The Morgan fingerprint density at radius 3 is 3.13 bits per heavy atom. The van der Waals surface area contributed by atoms with Gasteiger partial charge in [-0.3, -0.25) is 0 Å². The zero-order valence-corrected chi connectivity index (χ0v) is 8.68. The molecule has 0 aromatic carbocycles. The van der Waals surface area contributed by atoms with Gasteiger partial charge in [0, 0.05) is 13.2 Å². The number of fused-ring (bicyclic) bond motifs is 1. The molecule has 0 aliphatic carbocycles. The van der Waals surface area contributed by atoms with Gasteiger partial charge < -0.3 is 15.0 Å². The van der Waals surface area contributed by atoms with E-state index in [4.69, 9.17) is 10.5 Å². The van der Waals surface area contributed by atoms with Crippen LogP contribution >= 0.6 is 0 Å². The van der Waals surface area contributed by atoms with Crippen molar-refractivity contribution in [1.29, 1.82) is 0 Å². The van der Waals surface area contributed by atoms with Crippen LogP contribution in [0.25, 0.3) is 11.0 Å². The third kappa shape index (κ3) is 1.92. The highest BCUT2D eigenvalue weighted by atomic mass is 16.5. The molecule has 80 valence electrons. The summed E-state index contributed by atoms with van der Waals surface area (Å²) in [6, 6.07) is 1.91. The Kier molecular flexibility index (Phi) is 2.82. The molecule has 2 aromatic rings. The quantitative estimate of drug-likeness (QED) is 0.748. The molecule has 0 aliphatic heterocycles. The predicted octanol–water partition coefficient (Wildman–Crippen LogP) is 0.696. The Bertz CT molecular complexity index is 452. The molecular formula is C10H14N4O. The van der Waals surface area contributed by atoms with Gasteiger partial charge in [0.15, 0.2) is 5.52 Å². The van der Waals surface area contributed by atoms with Gasteiger partial charge in [-0.2, -0.15) is 0 Å². The van der Waals surface area contributed by atoms with Gasteiger partial charge in [0.1, 0.15) is 0 Å². The molecule has 15 heavy (non-hydrogen) atoms.